The Morgan fingerprint density at radius 1 is 1.20 bits per heavy atom. The van der Waals surface area contributed by atoms with Crippen molar-refractivity contribution in [2.75, 3.05) is 20.5 Å². The van der Waals surface area contributed by atoms with Gasteiger partial charge in [0.1, 0.15) is 11.5 Å². The fourth-order valence-corrected chi connectivity index (χ4v) is 3.60. The summed E-state index contributed by atoms with van der Waals surface area (Å²) in [6, 6.07) is 1.46. The number of rotatable bonds is 7. The number of alkyl halides is 3. The van der Waals surface area contributed by atoms with Crippen LogP contribution in [0.25, 0.3) is 5.70 Å². The van der Waals surface area contributed by atoms with Gasteiger partial charge in [0.15, 0.2) is 5.16 Å². The molecule has 0 bridgehead atoms. The summed E-state index contributed by atoms with van der Waals surface area (Å²) >= 11 is 13.9. The summed E-state index contributed by atoms with van der Waals surface area (Å²) in [4.78, 5) is 12.4. The minimum atomic E-state index is -4.53. The van der Waals surface area contributed by atoms with Gasteiger partial charge in [-0.1, -0.05) is 41.5 Å². The molecule has 0 amide bonds. The summed E-state index contributed by atoms with van der Waals surface area (Å²) in [6.07, 6.45) is -2.70. The van der Waals surface area contributed by atoms with Crippen molar-refractivity contribution in [2.24, 2.45) is 4.99 Å². The van der Waals surface area contributed by atoms with E-state index in [1.807, 2.05) is 0 Å². The summed E-state index contributed by atoms with van der Waals surface area (Å²) in [6.45, 7) is 5.38. The second kappa shape index (κ2) is 9.89. The molecule has 0 N–H and O–H groups in total. The maximum absolute atomic E-state index is 13.3. The lowest BCUT2D eigenvalue weighted by molar-refractivity contribution is -0.121. The molecule has 1 heterocycles. The predicted octanol–water partition coefficient (Wildman–Crippen LogP) is 6.24. The first-order valence-electron chi connectivity index (χ1n) is 8.33. The van der Waals surface area contributed by atoms with E-state index in [9.17, 15) is 13.2 Å². The maximum atomic E-state index is 13.3. The molecule has 11 heteroatoms. The Balaban J connectivity index is 2.69. The van der Waals surface area contributed by atoms with Crippen LogP contribution in [0, 0.1) is 6.92 Å². The van der Waals surface area contributed by atoms with Crippen LogP contribution in [-0.2, 0) is 0 Å². The summed E-state index contributed by atoms with van der Waals surface area (Å²) < 4.78 is 50.3. The number of aromatic nitrogens is 2. The molecule has 2 aromatic rings. The van der Waals surface area contributed by atoms with Crippen LogP contribution in [0.4, 0.5) is 13.2 Å². The molecule has 5 nitrogen and oxygen atoms in total. The molecular formula is C19H18Cl2F3N3O2S. The fourth-order valence-electron chi connectivity index (χ4n) is 2.54. The zero-order valence-corrected chi connectivity index (χ0v) is 18.9. The molecular weight excluding hydrogens is 462 g/mol. The SMILES string of the molecule is C=C(N=C(CC(F)(F)F)c1nc(SC)ncc1C)c1c(Cl)c(OC)cc(OC)c1Cl. The van der Waals surface area contributed by atoms with E-state index < -0.39 is 12.6 Å². The lowest BCUT2D eigenvalue weighted by Crippen LogP contribution is -2.18. The van der Waals surface area contributed by atoms with Crippen LogP contribution in [0.15, 0.2) is 29.0 Å². The van der Waals surface area contributed by atoms with E-state index in [-0.39, 0.29) is 44.2 Å². The van der Waals surface area contributed by atoms with Crippen LogP contribution < -0.4 is 9.47 Å². The van der Waals surface area contributed by atoms with E-state index in [0.717, 1.165) is 0 Å². The van der Waals surface area contributed by atoms with Gasteiger partial charge in [0.25, 0.3) is 0 Å². The number of hydrogen-bond donors (Lipinski definition) is 0. The number of nitrogens with zero attached hydrogens (tertiary/aromatic N) is 3. The number of halogens is 5. The summed E-state index contributed by atoms with van der Waals surface area (Å²) in [5, 5.41) is 0.412. The number of thioether (sulfide) groups is 1. The molecule has 1 aromatic heterocycles. The molecule has 0 aliphatic carbocycles. The molecule has 30 heavy (non-hydrogen) atoms. The predicted molar refractivity (Wildman–Crippen MR) is 114 cm³/mol. The molecule has 1 aromatic carbocycles. The zero-order valence-electron chi connectivity index (χ0n) is 16.5. The number of aryl methyl sites for hydroxylation is 1. The van der Waals surface area contributed by atoms with Crippen molar-refractivity contribution in [2.45, 2.75) is 24.7 Å². The standard InChI is InChI=1S/C19H18Cl2F3N3O2S/c1-9-8-25-18(30-5)27-17(9)11(7-19(22,23)24)26-10(2)14-15(20)12(28-3)6-13(29-4)16(14)21/h6,8H,2,7H2,1,3-5H3. The van der Waals surface area contributed by atoms with Gasteiger partial charge in [0.05, 0.1) is 47.8 Å². The van der Waals surface area contributed by atoms with Crippen molar-refractivity contribution < 1.29 is 22.6 Å². The first-order chi connectivity index (χ1) is 14.0. The molecule has 0 unspecified atom stereocenters. The smallest absolute Gasteiger partial charge is 0.394 e. The van der Waals surface area contributed by atoms with Crippen molar-refractivity contribution in [3.8, 4) is 11.5 Å². The Morgan fingerprint density at radius 3 is 2.23 bits per heavy atom. The van der Waals surface area contributed by atoms with Crippen molar-refractivity contribution in [3.63, 3.8) is 0 Å². The molecule has 0 aliphatic heterocycles. The van der Waals surface area contributed by atoms with Crippen LogP contribution in [0.2, 0.25) is 10.0 Å². The maximum Gasteiger partial charge on any atom is 0.394 e. The van der Waals surface area contributed by atoms with E-state index in [4.69, 9.17) is 32.7 Å². The summed E-state index contributed by atoms with van der Waals surface area (Å²) in [7, 11) is 2.77. The van der Waals surface area contributed by atoms with E-state index in [0.29, 0.717) is 10.7 Å². The molecule has 0 saturated carbocycles. The van der Waals surface area contributed by atoms with Gasteiger partial charge >= 0.3 is 6.18 Å². The van der Waals surface area contributed by atoms with Crippen LogP contribution >= 0.6 is 35.0 Å². The van der Waals surface area contributed by atoms with E-state index in [1.165, 1.54) is 38.2 Å². The Hall–Kier alpha value is -1.97. The highest BCUT2D eigenvalue weighted by Crippen LogP contribution is 2.44. The number of ether oxygens (including phenoxy) is 2. The van der Waals surface area contributed by atoms with Crippen LogP contribution in [-0.4, -0.2) is 42.3 Å². The molecule has 0 aliphatic rings. The van der Waals surface area contributed by atoms with Crippen molar-refractivity contribution in [1.29, 1.82) is 0 Å². The Labute approximate surface area is 186 Å². The first kappa shape index (κ1) is 24.3. The van der Waals surface area contributed by atoms with Crippen molar-refractivity contribution in [1.82, 2.24) is 9.97 Å². The second-order valence-corrected chi connectivity index (χ2v) is 7.50. The normalized spacial score (nSPS) is 12.1. The number of methoxy groups -OCH3 is 2. The Morgan fingerprint density at radius 2 is 1.77 bits per heavy atom. The molecule has 0 spiro atoms. The fraction of sp³-hybridized carbons (Fsp3) is 0.316. The molecule has 162 valence electrons. The van der Waals surface area contributed by atoms with Crippen LogP contribution in [0.5, 0.6) is 11.5 Å². The van der Waals surface area contributed by atoms with Crippen molar-refractivity contribution >= 4 is 46.4 Å². The molecule has 2 rings (SSSR count). The number of hydrogen-bond acceptors (Lipinski definition) is 6. The lowest BCUT2D eigenvalue weighted by atomic mass is 10.1. The molecule has 0 saturated heterocycles. The van der Waals surface area contributed by atoms with E-state index >= 15 is 0 Å². The largest absolute Gasteiger partial charge is 0.495 e. The Bertz CT molecular complexity index is 970. The highest BCUT2D eigenvalue weighted by atomic mass is 35.5. The molecule has 0 fully saturated rings. The highest BCUT2D eigenvalue weighted by Gasteiger charge is 2.32. The van der Waals surface area contributed by atoms with Gasteiger partial charge in [0.2, 0.25) is 0 Å². The lowest BCUT2D eigenvalue weighted by Gasteiger charge is -2.16. The second-order valence-electron chi connectivity index (χ2n) is 5.97. The van der Waals surface area contributed by atoms with Gasteiger partial charge in [0, 0.05) is 17.8 Å². The van der Waals surface area contributed by atoms with E-state index in [1.54, 1.807) is 13.2 Å². The third-order valence-electron chi connectivity index (χ3n) is 3.91. The zero-order chi connectivity index (χ0) is 22.6. The topological polar surface area (TPSA) is 56.6 Å². The monoisotopic (exact) mass is 479 g/mol. The molecule has 0 radical (unpaired) electrons. The van der Waals surface area contributed by atoms with Gasteiger partial charge in [-0.2, -0.15) is 13.2 Å². The quantitative estimate of drug-likeness (QED) is 0.267. The van der Waals surface area contributed by atoms with Crippen LogP contribution in [0.3, 0.4) is 0 Å². The third-order valence-corrected chi connectivity index (χ3v) is 5.22. The van der Waals surface area contributed by atoms with E-state index in [2.05, 4.69) is 21.5 Å². The minimum absolute atomic E-state index is 0.0487. The van der Waals surface area contributed by atoms with Gasteiger partial charge < -0.3 is 9.47 Å². The first-order valence-corrected chi connectivity index (χ1v) is 10.3. The van der Waals surface area contributed by atoms with Crippen molar-refractivity contribution in [3.05, 3.63) is 45.7 Å². The number of benzene rings is 1. The van der Waals surface area contributed by atoms with Crippen LogP contribution in [0.1, 0.15) is 23.2 Å². The number of aliphatic imine (C=N–C) groups is 1. The van der Waals surface area contributed by atoms with Gasteiger partial charge in [-0.25, -0.2) is 9.97 Å². The average Bonchev–Trinajstić information content (AvgIpc) is 2.67. The highest BCUT2D eigenvalue weighted by molar-refractivity contribution is 7.98. The minimum Gasteiger partial charge on any atom is -0.495 e. The van der Waals surface area contributed by atoms with Gasteiger partial charge in [-0.3, -0.25) is 4.99 Å². The summed E-state index contributed by atoms with van der Waals surface area (Å²) in [5.74, 6) is 0.425. The van der Waals surface area contributed by atoms with Gasteiger partial charge in [-0.15, -0.1) is 0 Å². The summed E-state index contributed by atoms with van der Waals surface area (Å²) in [5.41, 5.74) is 0.173. The molecule has 0 atom stereocenters. The third kappa shape index (κ3) is 5.59. The van der Waals surface area contributed by atoms with Gasteiger partial charge in [-0.05, 0) is 18.7 Å². The average molecular weight is 480 g/mol. The Kier molecular flexibility index (Phi) is 8.01.